The molecular weight excluding hydrogens is 462 g/mol. The average Bonchev–Trinajstić information content (AvgIpc) is 3.14. The Morgan fingerprint density at radius 1 is 1.37 bits per heavy atom. The van der Waals surface area contributed by atoms with Crippen LogP contribution in [-0.2, 0) is 6.54 Å². The van der Waals surface area contributed by atoms with Crippen molar-refractivity contribution >= 4 is 35.8 Å². The first-order valence-corrected chi connectivity index (χ1v) is 8.51. The molecule has 0 aromatic carbocycles. The van der Waals surface area contributed by atoms with Crippen LogP contribution in [0.1, 0.15) is 12.0 Å². The highest BCUT2D eigenvalue weighted by Crippen LogP contribution is 2.20. The van der Waals surface area contributed by atoms with Crippen molar-refractivity contribution in [2.75, 3.05) is 32.1 Å². The van der Waals surface area contributed by atoms with Gasteiger partial charge in [0.05, 0.1) is 7.11 Å². The molecule has 3 rings (SSSR count). The SMILES string of the molecule is CN=C(NCc1ccc(OC)nc1)NC1CCN(c2ncccc2F)C1.I. The molecule has 27 heavy (non-hydrogen) atoms. The number of guanidine groups is 1. The summed E-state index contributed by atoms with van der Waals surface area (Å²) in [5.74, 6) is 1.41. The molecule has 2 N–H and O–H groups in total. The number of halogens is 2. The third-order valence-corrected chi connectivity index (χ3v) is 4.26. The maximum absolute atomic E-state index is 13.9. The number of nitrogens with one attached hydrogen (secondary N) is 2. The highest BCUT2D eigenvalue weighted by Gasteiger charge is 2.25. The van der Waals surface area contributed by atoms with Crippen LogP contribution < -0.4 is 20.3 Å². The number of methoxy groups -OCH3 is 1. The van der Waals surface area contributed by atoms with Crippen molar-refractivity contribution in [2.45, 2.75) is 19.0 Å². The molecule has 0 bridgehead atoms. The Balaban J connectivity index is 0.00000261. The van der Waals surface area contributed by atoms with Crippen LogP contribution in [0.5, 0.6) is 5.88 Å². The molecule has 1 atom stereocenters. The Hall–Kier alpha value is -2.17. The summed E-state index contributed by atoms with van der Waals surface area (Å²) in [4.78, 5) is 14.5. The number of rotatable bonds is 5. The van der Waals surface area contributed by atoms with E-state index in [9.17, 15) is 4.39 Å². The zero-order chi connectivity index (χ0) is 18.4. The van der Waals surface area contributed by atoms with E-state index in [1.54, 1.807) is 32.6 Å². The molecule has 1 saturated heterocycles. The molecule has 1 aliphatic heterocycles. The molecule has 0 amide bonds. The van der Waals surface area contributed by atoms with Gasteiger partial charge in [-0.15, -0.1) is 24.0 Å². The van der Waals surface area contributed by atoms with E-state index in [-0.39, 0.29) is 35.8 Å². The maximum atomic E-state index is 13.9. The molecule has 7 nitrogen and oxygen atoms in total. The number of ether oxygens (including phenoxy) is 1. The minimum Gasteiger partial charge on any atom is -0.481 e. The van der Waals surface area contributed by atoms with E-state index in [2.05, 4.69) is 25.6 Å². The highest BCUT2D eigenvalue weighted by atomic mass is 127. The van der Waals surface area contributed by atoms with E-state index in [4.69, 9.17) is 4.74 Å². The summed E-state index contributed by atoms with van der Waals surface area (Å²) in [6, 6.07) is 6.99. The Bertz CT molecular complexity index is 758. The lowest BCUT2D eigenvalue weighted by Crippen LogP contribution is -2.44. The summed E-state index contributed by atoms with van der Waals surface area (Å²) in [5, 5.41) is 6.65. The molecule has 2 aromatic heterocycles. The topological polar surface area (TPSA) is 74.7 Å². The Morgan fingerprint density at radius 3 is 2.89 bits per heavy atom. The average molecular weight is 486 g/mol. The third kappa shape index (κ3) is 5.65. The summed E-state index contributed by atoms with van der Waals surface area (Å²) in [6.07, 6.45) is 4.27. The van der Waals surface area contributed by atoms with E-state index in [1.807, 2.05) is 17.0 Å². The predicted octanol–water partition coefficient (Wildman–Crippen LogP) is 2.19. The second-order valence-corrected chi connectivity index (χ2v) is 6.02. The van der Waals surface area contributed by atoms with Gasteiger partial charge < -0.3 is 20.3 Å². The second-order valence-electron chi connectivity index (χ2n) is 6.02. The lowest BCUT2D eigenvalue weighted by molar-refractivity contribution is 0.397. The lowest BCUT2D eigenvalue weighted by atomic mass is 10.2. The van der Waals surface area contributed by atoms with Gasteiger partial charge in [-0.3, -0.25) is 4.99 Å². The van der Waals surface area contributed by atoms with Crippen LogP contribution in [0.25, 0.3) is 0 Å². The summed E-state index contributed by atoms with van der Waals surface area (Å²) in [6.45, 7) is 2.03. The molecular formula is C18H24FIN6O. The van der Waals surface area contributed by atoms with Crippen molar-refractivity contribution in [3.05, 3.63) is 48.0 Å². The van der Waals surface area contributed by atoms with Gasteiger partial charge in [0.1, 0.15) is 0 Å². The van der Waals surface area contributed by atoms with Gasteiger partial charge in [-0.25, -0.2) is 14.4 Å². The summed E-state index contributed by atoms with van der Waals surface area (Å²) in [5.41, 5.74) is 1.03. The summed E-state index contributed by atoms with van der Waals surface area (Å²) < 4.78 is 18.9. The minimum absolute atomic E-state index is 0. The van der Waals surface area contributed by atoms with Gasteiger partial charge in [-0.1, -0.05) is 6.07 Å². The van der Waals surface area contributed by atoms with Gasteiger partial charge in [0, 0.05) is 51.2 Å². The van der Waals surface area contributed by atoms with Crippen LogP contribution in [0.15, 0.2) is 41.7 Å². The molecule has 2 aromatic rings. The number of aliphatic imine (C=N–C) groups is 1. The predicted molar refractivity (Wildman–Crippen MR) is 114 cm³/mol. The number of nitrogens with zero attached hydrogens (tertiary/aromatic N) is 4. The second kappa shape index (κ2) is 10.2. The van der Waals surface area contributed by atoms with Gasteiger partial charge >= 0.3 is 0 Å². The number of pyridine rings is 2. The summed E-state index contributed by atoms with van der Waals surface area (Å²) in [7, 11) is 3.32. The number of aromatic nitrogens is 2. The van der Waals surface area contributed by atoms with E-state index in [1.165, 1.54) is 6.07 Å². The molecule has 0 aliphatic carbocycles. The van der Waals surface area contributed by atoms with E-state index < -0.39 is 0 Å². The van der Waals surface area contributed by atoms with Gasteiger partial charge in [0.25, 0.3) is 0 Å². The molecule has 0 radical (unpaired) electrons. The third-order valence-electron chi connectivity index (χ3n) is 4.26. The van der Waals surface area contributed by atoms with E-state index in [0.29, 0.717) is 30.7 Å². The fraction of sp³-hybridized carbons (Fsp3) is 0.389. The molecule has 3 heterocycles. The fourth-order valence-corrected chi connectivity index (χ4v) is 2.89. The summed E-state index contributed by atoms with van der Waals surface area (Å²) >= 11 is 0. The van der Waals surface area contributed by atoms with Crippen molar-refractivity contribution in [3.63, 3.8) is 0 Å². The Kier molecular flexibility index (Phi) is 8.01. The van der Waals surface area contributed by atoms with Crippen LogP contribution in [-0.4, -0.2) is 49.2 Å². The molecule has 9 heteroatoms. The monoisotopic (exact) mass is 486 g/mol. The van der Waals surface area contributed by atoms with E-state index in [0.717, 1.165) is 18.5 Å². The van der Waals surface area contributed by atoms with Crippen LogP contribution in [0.2, 0.25) is 0 Å². The quantitative estimate of drug-likeness (QED) is 0.384. The van der Waals surface area contributed by atoms with Gasteiger partial charge in [0.15, 0.2) is 17.6 Å². The van der Waals surface area contributed by atoms with Crippen LogP contribution in [0, 0.1) is 5.82 Å². The first-order chi connectivity index (χ1) is 12.7. The molecule has 0 saturated carbocycles. The largest absolute Gasteiger partial charge is 0.481 e. The standard InChI is InChI=1S/C18H23FN6O.HI/c1-20-18(23-11-13-5-6-16(26-2)22-10-13)24-14-7-9-25(12-14)17-15(19)4-3-8-21-17;/h3-6,8,10,14H,7,9,11-12H2,1-2H3,(H2,20,23,24);1H. The van der Waals surface area contributed by atoms with Crippen molar-refractivity contribution in [1.82, 2.24) is 20.6 Å². The first kappa shape index (κ1) is 21.1. The zero-order valence-corrected chi connectivity index (χ0v) is 17.7. The fourth-order valence-electron chi connectivity index (χ4n) is 2.89. The van der Waals surface area contributed by atoms with Crippen molar-refractivity contribution < 1.29 is 9.13 Å². The zero-order valence-electron chi connectivity index (χ0n) is 15.4. The van der Waals surface area contributed by atoms with Crippen LogP contribution >= 0.6 is 24.0 Å². The number of hydrogen-bond acceptors (Lipinski definition) is 5. The minimum atomic E-state index is -0.289. The first-order valence-electron chi connectivity index (χ1n) is 8.51. The molecule has 0 spiro atoms. The lowest BCUT2D eigenvalue weighted by Gasteiger charge is -2.20. The van der Waals surface area contributed by atoms with Crippen LogP contribution in [0.4, 0.5) is 10.2 Å². The molecule has 1 unspecified atom stereocenters. The van der Waals surface area contributed by atoms with Gasteiger partial charge in [-0.2, -0.15) is 0 Å². The van der Waals surface area contributed by atoms with Gasteiger partial charge in [-0.05, 0) is 24.1 Å². The number of hydrogen-bond donors (Lipinski definition) is 2. The van der Waals surface area contributed by atoms with Crippen molar-refractivity contribution in [1.29, 1.82) is 0 Å². The van der Waals surface area contributed by atoms with Crippen LogP contribution in [0.3, 0.4) is 0 Å². The molecule has 1 aliphatic rings. The molecule has 1 fully saturated rings. The molecule has 146 valence electrons. The van der Waals surface area contributed by atoms with Gasteiger partial charge in [0.2, 0.25) is 5.88 Å². The normalized spacial score (nSPS) is 16.6. The number of anilines is 1. The Morgan fingerprint density at radius 2 is 2.22 bits per heavy atom. The van der Waals surface area contributed by atoms with Crippen molar-refractivity contribution in [3.8, 4) is 5.88 Å². The smallest absolute Gasteiger partial charge is 0.212 e. The van der Waals surface area contributed by atoms with E-state index >= 15 is 0 Å². The highest BCUT2D eigenvalue weighted by molar-refractivity contribution is 14.0. The maximum Gasteiger partial charge on any atom is 0.212 e. The van der Waals surface area contributed by atoms with Crippen molar-refractivity contribution in [2.24, 2.45) is 4.99 Å². The Labute approximate surface area is 175 Å².